The van der Waals surface area contributed by atoms with Crippen LogP contribution in [0.1, 0.15) is 36.9 Å². The SMILES string of the molecule is COC(=O)c1ccoc1COC(=O)c1c(-n2cccc2)sc2c1CCSC2. The number of hydrogen-bond donors (Lipinski definition) is 0. The molecule has 0 bridgehead atoms. The standard InChI is InChI=1S/C19H17NO5S2/c1-23-18(21)12-4-8-24-14(12)10-25-19(22)16-13-5-9-26-11-15(13)27-17(16)20-6-2-3-7-20/h2-4,6-8H,5,9-11H2,1H3. The molecule has 0 unspecified atom stereocenters. The third kappa shape index (κ3) is 3.42. The van der Waals surface area contributed by atoms with Gasteiger partial charge in [-0.1, -0.05) is 0 Å². The summed E-state index contributed by atoms with van der Waals surface area (Å²) in [6, 6.07) is 5.35. The first-order valence-corrected chi connectivity index (χ1v) is 10.3. The number of hydrogen-bond acceptors (Lipinski definition) is 7. The van der Waals surface area contributed by atoms with E-state index in [1.165, 1.54) is 24.3 Å². The molecule has 0 aliphatic carbocycles. The number of rotatable bonds is 5. The number of fused-ring (bicyclic) bond motifs is 1. The molecule has 0 saturated carbocycles. The van der Waals surface area contributed by atoms with Crippen molar-refractivity contribution in [3.8, 4) is 5.00 Å². The first-order chi connectivity index (χ1) is 13.2. The number of thiophene rings is 1. The second-order valence-electron chi connectivity index (χ2n) is 5.90. The Hall–Kier alpha value is -2.45. The van der Waals surface area contributed by atoms with Crippen molar-refractivity contribution < 1.29 is 23.5 Å². The first-order valence-electron chi connectivity index (χ1n) is 8.36. The summed E-state index contributed by atoms with van der Waals surface area (Å²) in [6.45, 7) is -0.124. The van der Waals surface area contributed by atoms with Gasteiger partial charge in [-0.2, -0.15) is 11.8 Å². The lowest BCUT2D eigenvalue weighted by molar-refractivity contribution is 0.0431. The Morgan fingerprint density at radius 3 is 2.85 bits per heavy atom. The Labute approximate surface area is 164 Å². The minimum absolute atomic E-state index is 0.124. The molecule has 0 aromatic carbocycles. The molecule has 140 valence electrons. The van der Waals surface area contributed by atoms with Crippen LogP contribution in [0, 0.1) is 0 Å². The highest BCUT2D eigenvalue weighted by Crippen LogP contribution is 2.38. The van der Waals surface area contributed by atoms with Gasteiger partial charge in [0, 0.05) is 23.0 Å². The molecule has 4 heterocycles. The highest BCUT2D eigenvalue weighted by Gasteiger charge is 2.28. The molecule has 1 aliphatic heterocycles. The zero-order valence-electron chi connectivity index (χ0n) is 14.6. The molecule has 3 aromatic heterocycles. The Balaban J connectivity index is 1.61. The number of thioether (sulfide) groups is 1. The van der Waals surface area contributed by atoms with Crippen molar-refractivity contribution in [3.05, 3.63) is 64.2 Å². The number of nitrogens with zero attached hydrogens (tertiary/aromatic N) is 1. The van der Waals surface area contributed by atoms with E-state index in [9.17, 15) is 9.59 Å². The first kappa shape index (κ1) is 17.9. The van der Waals surface area contributed by atoms with Crippen molar-refractivity contribution in [1.82, 2.24) is 4.57 Å². The molecule has 0 N–H and O–H groups in total. The molecule has 0 radical (unpaired) electrons. The van der Waals surface area contributed by atoms with Gasteiger partial charge in [0.1, 0.15) is 10.6 Å². The summed E-state index contributed by atoms with van der Waals surface area (Å²) in [5.41, 5.74) is 1.94. The van der Waals surface area contributed by atoms with E-state index in [1.54, 1.807) is 11.3 Å². The summed E-state index contributed by atoms with van der Waals surface area (Å²) in [5, 5.41) is 0.866. The molecule has 0 spiro atoms. The van der Waals surface area contributed by atoms with E-state index in [4.69, 9.17) is 13.9 Å². The molecule has 27 heavy (non-hydrogen) atoms. The largest absolute Gasteiger partial charge is 0.465 e. The van der Waals surface area contributed by atoms with Gasteiger partial charge in [-0.05, 0) is 35.9 Å². The van der Waals surface area contributed by atoms with Gasteiger partial charge in [-0.15, -0.1) is 11.3 Å². The average molecular weight is 403 g/mol. The number of ether oxygens (including phenoxy) is 2. The molecular formula is C19H17NO5S2. The summed E-state index contributed by atoms with van der Waals surface area (Å²) in [7, 11) is 1.30. The molecule has 4 rings (SSSR count). The summed E-state index contributed by atoms with van der Waals surface area (Å²) in [6.07, 6.45) is 6.06. The number of esters is 2. The highest BCUT2D eigenvalue weighted by molar-refractivity contribution is 7.98. The predicted octanol–water partition coefficient (Wildman–Crippen LogP) is 4.06. The lowest BCUT2D eigenvalue weighted by atomic mass is 10.1. The van der Waals surface area contributed by atoms with E-state index in [0.29, 0.717) is 5.56 Å². The van der Waals surface area contributed by atoms with Crippen LogP contribution in [0.25, 0.3) is 5.00 Å². The monoisotopic (exact) mass is 403 g/mol. The Morgan fingerprint density at radius 1 is 1.26 bits per heavy atom. The molecule has 8 heteroatoms. The Bertz CT molecular complexity index is 971. The summed E-state index contributed by atoms with van der Waals surface area (Å²) >= 11 is 3.50. The fourth-order valence-corrected chi connectivity index (χ4v) is 5.46. The normalized spacial score (nSPS) is 13.2. The molecule has 3 aromatic rings. The number of carbonyl (C=O) groups excluding carboxylic acids is 2. The number of carbonyl (C=O) groups is 2. The van der Waals surface area contributed by atoms with Gasteiger partial charge in [-0.3, -0.25) is 0 Å². The van der Waals surface area contributed by atoms with Crippen LogP contribution in [0.15, 0.2) is 41.3 Å². The maximum absolute atomic E-state index is 12.9. The van der Waals surface area contributed by atoms with E-state index in [2.05, 4.69) is 0 Å². The second-order valence-corrected chi connectivity index (χ2v) is 8.09. The van der Waals surface area contributed by atoms with Gasteiger partial charge in [0.15, 0.2) is 12.4 Å². The summed E-state index contributed by atoms with van der Waals surface area (Å²) < 4.78 is 17.5. The zero-order chi connectivity index (χ0) is 18.8. The Morgan fingerprint density at radius 2 is 2.07 bits per heavy atom. The van der Waals surface area contributed by atoms with Crippen molar-refractivity contribution in [3.63, 3.8) is 0 Å². The van der Waals surface area contributed by atoms with Crippen molar-refractivity contribution in [1.29, 1.82) is 0 Å². The number of aromatic nitrogens is 1. The molecular weight excluding hydrogens is 386 g/mol. The van der Waals surface area contributed by atoms with Crippen LogP contribution in [0.5, 0.6) is 0 Å². The fraction of sp³-hybridized carbons (Fsp3) is 0.263. The number of methoxy groups -OCH3 is 1. The van der Waals surface area contributed by atoms with Gasteiger partial charge in [0.25, 0.3) is 0 Å². The van der Waals surface area contributed by atoms with Crippen LogP contribution in [0.3, 0.4) is 0 Å². The van der Waals surface area contributed by atoms with Gasteiger partial charge >= 0.3 is 11.9 Å². The van der Waals surface area contributed by atoms with Crippen molar-refractivity contribution in [2.75, 3.05) is 12.9 Å². The van der Waals surface area contributed by atoms with Gasteiger partial charge < -0.3 is 18.5 Å². The molecule has 0 saturated heterocycles. The zero-order valence-corrected chi connectivity index (χ0v) is 16.2. The third-order valence-corrected chi connectivity index (χ3v) is 6.74. The Kier molecular flexibility index (Phi) is 5.09. The van der Waals surface area contributed by atoms with Gasteiger partial charge in [0.05, 0.1) is 18.9 Å². The van der Waals surface area contributed by atoms with Gasteiger partial charge in [0.2, 0.25) is 0 Å². The van der Waals surface area contributed by atoms with Gasteiger partial charge in [-0.25, -0.2) is 9.59 Å². The van der Waals surface area contributed by atoms with E-state index in [1.807, 2.05) is 40.9 Å². The molecule has 1 aliphatic rings. The summed E-state index contributed by atoms with van der Waals surface area (Å²) in [4.78, 5) is 25.9. The van der Waals surface area contributed by atoms with E-state index < -0.39 is 11.9 Å². The van der Waals surface area contributed by atoms with Crippen LogP contribution in [0.2, 0.25) is 0 Å². The van der Waals surface area contributed by atoms with Crippen LogP contribution in [0.4, 0.5) is 0 Å². The lowest BCUT2D eigenvalue weighted by Crippen LogP contribution is -2.13. The predicted molar refractivity (Wildman–Crippen MR) is 103 cm³/mol. The van der Waals surface area contributed by atoms with Crippen molar-refractivity contribution in [2.45, 2.75) is 18.8 Å². The van der Waals surface area contributed by atoms with E-state index in [0.717, 1.165) is 28.5 Å². The maximum atomic E-state index is 12.9. The minimum Gasteiger partial charge on any atom is -0.465 e. The number of furan rings is 1. The second kappa shape index (κ2) is 7.66. The van der Waals surface area contributed by atoms with Crippen LogP contribution >= 0.6 is 23.1 Å². The minimum atomic E-state index is -0.521. The highest BCUT2D eigenvalue weighted by atomic mass is 32.2. The fourth-order valence-electron chi connectivity index (χ4n) is 3.03. The van der Waals surface area contributed by atoms with Crippen molar-refractivity contribution in [2.24, 2.45) is 0 Å². The average Bonchev–Trinajstić information content (AvgIpc) is 3.44. The molecule has 6 nitrogen and oxygen atoms in total. The van der Waals surface area contributed by atoms with Crippen molar-refractivity contribution >= 4 is 35.0 Å². The smallest absolute Gasteiger partial charge is 0.341 e. The summed E-state index contributed by atoms with van der Waals surface area (Å²) in [5.74, 6) is 1.24. The quantitative estimate of drug-likeness (QED) is 0.598. The van der Waals surface area contributed by atoms with E-state index in [-0.39, 0.29) is 17.9 Å². The third-order valence-electron chi connectivity index (χ3n) is 4.33. The molecule has 0 atom stereocenters. The maximum Gasteiger partial charge on any atom is 0.341 e. The molecule has 0 amide bonds. The van der Waals surface area contributed by atoms with Crippen LogP contribution in [-0.4, -0.2) is 29.4 Å². The topological polar surface area (TPSA) is 70.7 Å². The lowest BCUT2D eigenvalue weighted by Gasteiger charge is -2.12. The van der Waals surface area contributed by atoms with E-state index >= 15 is 0 Å². The van der Waals surface area contributed by atoms with Crippen LogP contribution < -0.4 is 0 Å². The van der Waals surface area contributed by atoms with Crippen LogP contribution in [-0.2, 0) is 28.3 Å². The molecule has 0 fully saturated rings.